The van der Waals surface area contributed by atoms with Crippen LogP contribution in [0.5, 0.6) is 0 Å². The first-order valence-corrected chi connectivity index (χ1v) is 8.40. The van der Waals surface area contributed by atoms with Crippen molar-refractivity contribution in [2.45, 2.75) is 20.8 Å². The summed E-state index contributed by atoms with van der Waals surface area (Å²) in [5.74, 6) is 0. The smallest absolute Gasteiger partial charge is 0.203 e. The van der Waals surface area contributed by atoms with Crippen molar-refractivity contribution in [3.05, 3.63) is 70.6 Å². The molecule has 0 saturated heterocycles. The van der Waals surface area contributed by atoms with Crippen LogP contribution in [-0.4, -0.2) is 10.7 Å². The molecule has 116 valence electrons. The normalized spacial score (nSPS) is 11.5. The molecule has 3 aromatic rings. The number of nitrogens with zero attached hydrogens (tertiary/aromatic N) is 2. The summed E-state index contributed by atoms with van der Waals surface area (Å²) in [6.45, 7) is 6.16. The van der Waals surface area contributed by atoms with Crippen LogP contribution in [0.1, 0.15) is 23.6 Å². The monoisotopic (exact) mass is 321 g/mol. The topological polar surface area (TPSA) is 37.3 Å². The number of thiazole rings is 1. The van der Waals surface area contributed by atoms with E-state index in [1.165, 1.54) is 11.1 Å². The van der Waals surface area contributed by atoms with E-state index in [1.54, 1.807) is 11.3 Å². The van der Waals surface area contributed by atoms with Crippen LogP contribution in [0.25, 0.3) is 11.3 Å². The van der Waals surface area contributed by atoms with Gasteiger partial charge in [-0.15, -0.1) is 11.3 Å². The minimum Gasteiger partial charge on any atom is -0.252 e. The first-order chi connectivity index (χ1) is 11.1. The zero-order valence-electron chi connectivity index (χ0n) is 13.5. The van der Waals surface area contributed by atoms with Gasteiger partial charge in [0.15, 0.2) is 0 Å². The third kappa shape index (κ3) is 3.85. The van der Waals surface area contributed by atoms with Crippen LogP contribution in [0.4, 0.5) is 5.13 Å². The van der Waals surface area contributed by atoms with Gasteiger partial charge in [0, 0.05) is 10.9 Å². The lowest BCUT2D eigenvalue weighted by molar-refractivity contribution is 1.27. The molecular formula is C19H19N3S. The second kappa shape index (κ2) is 6.75. The van der Waals surface area contributed by atoms with Crippen molar-refractivity contribution in [3.63, 3.8) is 0 Å². The Hall–Kier alpha value is -2.46. The average molecular weight is 321 g/mol. The molecule has 0 aliphatic carbocycles. The van der Waals surface area contributed by atoms with Crippen LogP contribution < -0.4 is 5.43 Å². The molecule has 2 aromatic carbocycles. The van der Waals surface area contributed by atoms with E-state index in [2.05, 4.69) is 77.9 Å². The maximum absolute atomic E-state index is 4.59. The summed E-state index contributed by atoms with van der Waals surface area (Å²) in [5.41, 5.74) is 9.70. The van der Waals surface area contributed by atoms with E-state index in [9.17, 15) is 0 Å². The summed E-state index contributed by atoms with van der Waals surface area (Å²) in [7, 11) is 0. The van der Waals surface area contributed by atoms with Gasteiger partial charge in [-0.25, -0.2) is 4.98 Å². The highest BCUT2D eigenvalue weighted by molar-refractivity contribution is 7.14. The van der Waals surface area contributed by atoms with E-state index in [4.69, 9.17) is 0 Å². The summed E-state index contributed by atoms with van der Waals surface area (Å²) < 4.78 is 0. The van der Waals surface area contributed by atoms with E-state index >= 15 is 0 Å². The van der Waals surface area contributed by atoms with Crippen molar-refractivity contribution < 1.29 is 0 Å². The fourth-order valence-corrected chi connectivity index (χ4v) is 2.83. The minimum absolute atomic E-state index is 0.798. The first-order valence-electron chi connectivity index (χ1n) is 7.52. The molecule has 1 heterocycles. The Bertz CT molecular complexity index is 815. The van der Waals surface area contributed by atoms with E-state index in [-0.39, 0.29) is 0 Å². The van der Waals surface area contributed by atoms with Crippen LogP contribution in [0.3, 0.4) is 0 Å². The van der Waals surface area contributed by atoms with Crippen LogP contribution in [0, 0.1) is 13.8 Å². The van der Waals surface area contributed by atoms with Crippen molar-refractivity contribution in [2.24, 2.45) is 5.10 Å². The largest absolute Gasteiger partial charge is 0.252 e. The highest BCUT2D eigenvalue weighted by atomic mass is 32.1. The maximum Gasteiger partial charge on any atom is 0.203 e. The van der Waals surface area contributed by atoms with Crippen molar-refractivity contribution in [3.8, 4) is 11.3 Å². The molecule has 23 heavy (non-hydrogen) atoms. The molecule has 0 aliphatic heterocycles. The van der Waals surface area contributed by atoms with Crippen LogP contribution in [-0.2, 0) is 0 Å². The lowest BCUT2D eigenvalue weighted by Gasteiger charge is -2.02. The number of rotatable bonds is 4. The minimum atomic E-state index is 0.798. The summed E-state index contributed by atoms with van der Waals surface area (Å²) >= 11 is 1.56. The van der Waals surface area contributed by atoms with Gasteiger partial charge in [-0.1, -0.05) is 59.7 Å². The Kier molecular flexibility index (Phi) is 4.53. The van der Waals surface area contributed by atoms with Gasteiger partial charge in [0.2, 0.25) is 5.13 Å². The van der Waals surface area contributed by atoms with Crippen molar-refractivity contribution in [1.29, 1.82) is 0 Å². The Balaban J connectivity index is 1.72. The third-order valence-electron chi connectivity index (χ3n) is 3.64. The lowest BCUT2D eigenvalue weighted by Crippen LogP contribution is -1.99. The number of hydrazone groups is 1. The SMILES string of the molecule is CC(=NNc1nc(-c2ccc(C)cc2)cs1)c1ccc(C)cc1. The van der Waals surface area contributed by atoms with Gasteiger partial charge in [-0.2, -0.15) is 5.10 Å². The van der Waals surface area contributed by atoms with Gasteiger partial charge in [-0.05, 0) is 26.3 Å². The molecule has 0 fully saturated rings. The first kappa shape index (κ1) is 15.4. The van der Waals surface area contributed by atoms with Gasteiger partial charge in [0.05, 0.1) is 11.4 Å². The summed E-state index contributed by atoms with van der Waals surface area (Å²) in [5, 5.41) is 7.27. The average Bonchev–Trinajstić information content (AvgIpc) is 3.03. The molecule has 0 spiro atoms. The van der Waals surface area contributed by atoms with Crippen molar-refractivity contribution in [1.82, 2.24) is 4.98 Å². The molecule has 4 heteroatoms. The number of aryl methyl sites for hydroxylation is 2. The zero-order chi connectivity index (χ0) is 16.2. The molecule has 0 bridgehead atoms. The zero-order valence-corrected chi connectivity index (χ0v) is 14.3. The van der Waals surface area contributed by atoms with Gasteiger partial charge < -0.3 is 0 Å². The quantitative estimate of drug-likeness (QED) is 0.525. The second-order valence-corrected chi connectivity index (χ2v) is 6.44. The Morgan fingerprint density at radius 1 is 0.957 bits per heavy atom. The predicted octanol–water partition coefficient (Wildman–Crippen LogP) is 5.26. The molecule has 0 amide bonds. The Morgan fingerprint density at radius 2 is 1.57 bits per heavy atom. The number of anilines is 1. The van der Waals surface area contributed by atoms with Gasteiger partial charge in [0.1, 0.15) is 0 Å². The molecule has 3 rings (SSSR count). The third-order valence-corrected chi connectivity index (χ3v) is 4.39. The molecule has 1 aromatic heterocycles. The molecule has 0 unspecified atom stereocenters. The number of hydrogen-bond donors (Lipinski definition) is 1. The molecule has 0 radical (unpaired) electrons. The summed E-state index contributed by atoms with van der Waals surface area (Å²) in [6, 6.07) is 16.7. The summed E-state index contributed by atoms with van der Waals surface area (Å²) in [6.07, 6.45) is 0. The molecule has 1 N–H and O–H groups in total. The standard InChI is InChI=1S/C19H19N3S/c1-13-4-8-16(9-5-13)15(3)21-22-19-20-18(12-23-19)17-10-6-14(2)7-11-17/h4-12H,1-3H3,(H,20,22). The van der Waals surface area contributed by atoms with E-state index in [0.717, 1.165) is 27.7 Å². The lowest BCUT2D eigenvalue weighted by atomic mass is 10.1. The number of nitrogens with one attached hydrogen (secondary N) is 1. The molecule has 0 atom stereocenters. The molecule has 0 aliphatic rings. The van der Waals surface area contributed by atoms with Crippen LogP contribution in [0.2, 0.25) is 0 Å². The van der Waals surface area contributed by atoms with Crippen LogP contribution in [0.15, 0.2) is 59.0 Å². The number of benzene rings is 2. The highest BCUT2D eigenvalue weighted by Crippen LogP contribution is 2.25. The van der Waals surface area contributed by atoms with E-state index in [1.807, 2.05) is 12.3 Å². The fraction of sp³-hybridized carbons (Fsp3) is 0.158. The maximum atomic E-state index is 4.59. The van der Waals surface area contributed by atoms with Crippen LogP contribution >= 0.6 is 11.3 Å². The number of hydrogen-bond acceptors (Lipinski definition) is 4. The highest BCUT2D eigenvalue weighted by Gasteiger charge is 2.04. The van der Waals surface area contributed by atoms with E-state index in [0.29, 0.717) is 0 Å². The molecular weight excluding hydrogens is 302 g/mol. The molecule has 0 saturated carbocycles. The predicted molar refractivity (Wildman–Crippen MR) is 99.3 cm³/mol. The Morgan fingerprint density at radius 3 is 2.22 bits per heavy atom. The van der Waals surface area contributed by atoms with Crippen molar-refractivity contribution in [2.75, 3.05) is 5.43 Å². The summed E-state index contributed by atoms with van der Waals surface area (Å²) in [4.78, 5) is 4.59. The molecule has 3 nitrogen and oxygen atoms in total. The second-order valence-electron chi connectivity index (χ2n) is 5.58. The van der Waals surface area contributed by atoms with Gasteiger partial charge >= 0.3 is 0 Å². The van der Waals surface area contributed by atoms with Gasteiger partial charge in [-0.3, -0.25) is 5.43 Å². The van der Waals surface area contributed by atoms with Gasteiger partial charge in [0.25, 0.3) is 0 Å². The fourth-order valence-electron chi connectivity index (χ4n) is 2.17. The van der Waals surface area contributed by atoms with E-state index < -0.39 is 0 Å². The number of aromatic nitrogens is 1. The Labute approximate surface area is 140 Å². The van der Waals surface area contributed by atoms with Crippen molar-refractivity contribution >= 4 is 22.2 Å².